The van der Waals surface area contributed by atoms with E-state index in [9.17, 15) is 0 Å². The highest BCUT2D eigenvalue weighted by Gasteiger charge is 1.98. The van der Waals surface area contributed by atoms with Crippen molar-refractivity contribution in [1.82, 2.24) is 4.98 Å². The first-order valence-electron chi connectivity index (χ1n) is 3.91. The van der Waals surface area contributed by atoms with Gasteiger partial charge in [-0.3, -0.25) is 0 Å². The van der Waals surface area contributed by atoms with Gasteiger partial charge in [0.05, 0.1) is 16.5 Å². The molecule has 1 heterocycles. The van der Waals surface area contributed by atoms with Gasteiger partial charge in [0.25, 0.3) is 0 Å². The Balaban J connectivity index is 2.44. The Labute approximate surface area is 70.9 Å². The lowest BCUT2D eigenvalue weighted by Crippen LogP contribution is -1.80. The first-order chi connectivity index (χ1) is 5.36. The van der Waals surface area contributed by atoms with Crippen LogP contribution in [0.25, 0.3) is 0 Å². The zero-order valence-corrected chi connectivity index (χ0v) is 7.52. The molecule has 0 amide bonds. The van der Waals surface area contributed by atoms with Gasteiger partial charge in [-0.05, 0) is 12.8 Å². The first kappa shape index (κ1) is 8.68. The quantitative estimate of drug-likeness (QED) is 0.751. The summed E-state index contributed by atoms with van der Waals surface area (Å²) >= 11 is 1.61. The van der Waals surface area contributed by atoms with E-state index in [4.69, 9.17) is 5.11 Å². The molecule has 1 aromatic heterocycles. The second-order valence-electron chi connectivity index (χ2n) is 2.48. The highest BCUT2D eigenvalue weighted by molar-refractivity contribution is 7.11. The van der Waals surface area contributed by atoms with Crippen LogP contribution in [-0.4, -0.2) is 10.1 Å². The van der Waals surface area contributed by atoms with Gasteiger partial charge in [-0.25, -0.2) is 4.98 Å². The summed E-state index contributed by atoms with van der Waals surface area (Å²) in [7, 11) is 0. The fourth-order valence-electron chi connectivity index (χ4n) is 0.865. The summed E-state index contributed by atoms with van der Waals surface area (Å²) in [4.78, 5) is 5.15. The number of aliphatic hydroxyl groups excluding tert-OH is 1. The highest BCUT2D eigenvalue weighted by Crippen LogP contribution is 2.14. The van der Waals surface area contributed by atoms with Crippen LogP contribution < -0.4 is 0 Å². The Bertz CT molecular complexity index is 210. The third-order valence-electron chi connectivity index (χ3n) is 1.50. The molecule has 11 heavy (non-hydrogen) atoms. The lowest BCUT2D eigenvalue weighted by atomic mass is 10.3. The van der Waals surface area contributed by atoms with Crippen LogP contribution in [-0.2, 0) is 13.0 Å². The Kier molecular flexibility index (Phi) is 3.52. The predicted molar refractivity (Wildman–Crippen MR) is 46.6 cm³/mol. The van der Waals surface area contributed by atoms with Gasteiger partial charge >= 0.3 is 0 Å². The van der Waals surface area contributed by atoms with E-state index >= 15 is 0 Å². The first-order valence-corrected chi connectivity index (χ1v) is 4.73. The van der Waals surface area contributed by atoms with Gasteiger partial charge in [0.1, 0.15) is 0 Å². The van der Waals surface area contributed by atoms with Crippen molar-refractivity contribution in [3.05, 3.63) is 16.1 Å². The molecule has 0 radical (unpaired) electrons. The maximum Gasteiger partial charge on any atom is 0.0928 e. The van der Waals surface area contributed by atoms with Crippen LogP contribution in [0.2, 0.25) is 0 Å². The lowest BCUT2D eigenvalue weighted by molar-refractivity contribution is 0.285. The summed E-state index contributed by atoms with van der Waals surface area (Å²) in [5.41, 5.74) is 0. The van der Waals surface area contributed by atoms with Crippen LogP contribution in [0, 0.1) is 0 Å². The molecular formula is C8H13NOS. The second kappa shape index (κ2) is 4.46. The molecule has 0 aliphatic heterocycles. The summed E-state index contributed by atoms with van der Waals surface area (Å²) in [6.45, 7) is 2.30. The van der Waals surface area contributed by atoms with Crippen molar-refractivity contribution in [3.8, 4) is 0 Å². The minimum absolute atomic E-state index is 0.129. The van der Waals surface area contributed by atoms with Gasteiger partial charge in [0.2, 0.25) is 0 Å². The summed E-state index contributed by atoms with van der Waals surface area (Å²) in [5, 5.41) is 9.90. The molecule has 1 rings (SSSR count). The van der Waals surface area contributed by atoms with E-state index in [1.165, 1.54) is 12.8 Å². The van der Waals surface area contributed by atoms with E-state index in [-0.39, 0.29) is 6.61 Å². The van der Waals surface area contributed by atoms with Gasteiger partial charge < -0.3 is 5.11 Å². The van der Waals surface area contributed by atoms with Crippen LogP contribution in [0.3, 0.4) is 0 Å². The van der Waals surface area contributed by atoms with E-state index in [0.717, 1.165) is 16.3 Å². The molecule has 0 atom stereocenters. The number of aryl methyl sites for hydroxylation is 1. The molecule has 0 aliphatic rings. The van der Waals surface area contributed by atoms with Crippen molar-refractivity contribution >= 4 is 11.3 Å². The minimum atomic E-state index is 0.129. The second-order valence-corrected chi connectivity index (χ2v) is 3.68. The van der Waals surface area contributed by atoms with Crippen LogP contribution in [0.5, 0.6) is 0 Å². The molecule has 0 aliphatic carbocycles. The molecule has 0 fully saturated rings. The smallest absolute Gasteiger partial charge is 0.0928 e. The normalized spacial score (nSPS) is 10.4. The van der Waals surface area contributed by atoms with Crippen molar-refractivity contribution in [2.75, 3.05) is 0 Å². The van der Waals surface area contributed by atoms with E-state index < -0.39 is 0 Å². The van der Waals surface area contributed by atoms with E-state index in [1.807, 2.05) is 0 Å². The molecule has 0 bridgehead atoms. The summed E-state index contributed by atoms with van der Waals surface area (Å²) < 4.78 is 0. The summed E-state index contributed by atoms with van der Waals surface area (Å²) in [5.74, 6) is 0. The average Bonchev–Trinajstić information content (AvgIpc) is 2.48. The molecular weight excluding hydrogens is 158 g/mol. The third kappa shape index (κ3) is 2.60. The predicted octanol–water partition coefficient (Wildman–Crippen LogP) is 1.98. The standard InChI is InChI=1S/C8H13NOS/c1-2-3-4-8-9-5-7(6-10)11-8/h5,10H,2-4,6H2,1H3. The summed E-state index contributed by atoms with van der Waals surface area (Å²) in [6.07, 6.45) is 5.21. The Morgan fingerprint density at radius 1 is 1.64 bits per heavy atom. The molecule has 0 spiro atoms. The molecule has 0 saturated heterocycles. The summed E-state index contributed by atoms with van der Waals surface area (Å²) in [6, 6.07) is 0. The Morgan fingerprint density at radius 2 is 2.45 bits per heavy atom. The number of rotatable bonds is 4. The lowest BCUT2D eigenvalue weighted by Gasteiger charge is -1.90. The molecule has 0 saturated carbocycles. The van der Waals surface area contributed by atoms with Crippen LogP contribution in [0.4, 0.5) is 0 Å². The van der Waals surface area contributed by atoms with Crippen molar-refractivity contribution in [3.63, 3.8) is 0 Å². The topological polar surface area (TPSA) is 33.1 Å². The van der Waals surface area contributed by atoms with Crippen molar-refractivity contribution in [1.29, 1.82) is 0 Å². The maximum atomic E-state index is 8.75. The van der Waals surface area contributed by atoms with Crippen molar-refractivity contribution in [2.24, 2.45) is 0 Å². The zero-order chi connectivity index (χ0) is 8.10. The SMILES string of the molecule is CCCCc1ncc(CO)s1. The van der Waals surface area contributed by atoms with Crippen LogP contribution in [0.15, 0.2) is 6.20 Å². The van der Waals surface area contributed by atoms with Gasteiger partial charge in [-0.1, -0.05) is 13.3 Å². The maximum absolute atomic E-state index is 8.75. The number of nitrogens with zero attached hydrogens (tertiary/aromatic N) is 1. The monoisotopic (exact) mass is 171 g/mol. The largest absolute Gasteiger partial charge is 0.391 e. The molecule has 2 nitrogen and oxygen atoms in total. The molecule has 1 aromatic rings. The van der Waals surface area contributed by atoms with E-state index in [1.54, 1.807) is 17.5 Å². The number of hydrogen-bond acceptors (Lipinski definition) is 3. The van der Waals surface area contributed by atoms with Crippen LogP contribution >= 0.6 is 11.3 Å². The average molecular weight is 171 g/mol. The molecule has 62 valence electrons. The van der Waals surface area contributed by atoms with Crippen molar-refractivity contribution in [2.45, 2.75) is 32.8 Å². The van der Waals surface area contributed by atoms with Gasteiger partial charge in [0, 0.05) is 6.20 Å². The number of unbranched alkanes of at least 4 members (excludes halogenated alkanes) is 1. The Hall–Kier alpha value is -0.410. The molecule has 0 aromatic carbocycles. The fourth-order valence-corrected chi connectivity index (χ4v) is 1.69. The zero-order valence-electron chi connectivity index (χ0n) is 6.71. The van der Waals surface area contributed by atoms with Gasteiger partial charge in [0.15, 0.2) is 0 Å². The van der Waals surface area contributed by atoms with Gasteiger partial charge in [-0.2, -0.15) is 0 Å². The third-order valence-corrected chi connectivity index (χ3v) is 2.54. The van der Waals surface area contributed by atoms with E-state index in [0.29, 0.717) is 0 Å². The molecule has 3 heteroatoms. The van der Waals surface area contributed by atoms with Crippen LogP contribution in [0.1, 0.15) is 29.7 Å². The number of thiazole rings is 1. The molecule has 1 N–H and O–H groups in total. The van der Waals surface area contributed by atoms with Crippen molar-refractivity contribution < 1.29 is 5.11 Å². The molecule has 0 unspecified atom stereocenters. The number of aromatic nitrogens is 1. The number of hydrogen-bond donors (Lipinski definition) is 1. The van der Waals surface area contributed by atoms with Gasteiger partial charge in [-0.15, -0.1) is 11.3 Å². The fraction of sp³-hybridized carbons (Fsp3) is 0.625. The van der Waals surface area contributed by atoms with E-state index in [2.05, 4.69) is 11.9 Å². The Morgan fingerprint density at radius 3 is 3.00 bits per heavy atom. The minimum Gasteiger partial charge on any atom is -0.391 e. The number of aliphatic hydroxyl groups is 1. The highest BCUT2D eigenvalue weighted by atomic mass is 32.1.